The van der Waals surface area contributed by atoms with Crippen LogP contribution in [0.3, 0.4) is 0 Å². The van der Waals surface area contributed by atoms with Gasteiger partial charge in [-0.2, -0.15) is 0 Å². The summed E-state index contributed by atoms with van der Waals surface area (Å²) in [4.78, 5) is 21.8. The molecule has 0 saturated carbocycles. The van der Waals surface area contributed by atoms with E-state index in [1.807, 2.05) is 20.8 Å². The molecule has 0 aliphatic carbocycles. The minimum absolute atomic E-state index is 0.308. The minimum Gasteiger partial charge on any atom is -0.480 e. The summed E-state index contributed by atoms with van der Waals surface area (Å²) in [5.41, 5.74) is 0. The van der Waals surface area contributed by atoms with Crippen molar-refractivity contribution in [2.45, 2.75) is 26.8 Å². The topological polar surface area (TPSA) is 98.7 Å². The summed E-state index contributed by atoms with van der Waals surface area (Å²) < 4.78 is 0. The lowest BCUT2D eigenvalue weighted by molar-refractivity contribution is -0.140. The molecule has 0 heterocycles. The average molecular weight is 232 g/mol. The van der Waals surface area contributed by atoms with Crippen molar-refractivity contribution in [1.29, 1.82) is 0 Å². The van der Waals surface area contributed by atoms with E-state index in [-0.39, 0.29) is 0 Å². The summed E-state index contributed by atoms with van der Waals surface area (Å²) in [6.07, 6.45) is 0. The molecule has 0 bridgehead atoms. The van der Waals surface area contributed by atoms with Crippen molar-refractivity contribution in [2.75, 3.05) is 13.2 Å². The molecule has 0 rings (SSSR count). The van der Waals surface area contributed by atoms with Crippen molar-refractivity contribution in [2.24, 2.45) is 11.8 Å². The summed E-state index contributed by atoms with van der Waals surface area (Å²) >= 11 is 0. The number of hydrogen-bond donors (Lipinski definition) is 4. The molecule has 0 aliphatic rings. The molecular formula is C10H20N2O4. The fourth-order valence-electron chi connectivity index (χ4n) is 0.884. The lowest BCUT2D eigenvalue weighted by atomic mass is 9.98. The second-order valence-corrected chi connectivity index (χ2v) is 4.15. The lowest BCUT2D eigenvalue weighted by Gasteiger charge is -2.17. The molecule has 4 N–H and O–H groups in total. The van der Waals surface area contributed by atoms with Crippen LogP contribution in [0.25, 0.3) is 0 Å². The largest absolute Gasteiger partial charge is 0.480 e. The highest BCUT2D eigenvalue weighted by Crippen LogP contribution is 2.07. The number of carbonyl (C=O) groups excluding carboxylic acids is 1. The summed E-state index contributed by atoms with van der Waals surface area (Å²) in [5.74, 6) is -0.508. The maximum atomic E-state index is 11.2. The zero-order valence-corrected chi connectivity index (χ0v) is 9.86. The highest BCUT2D eigenvalue weighted by atomic mass is 16.4. The van der Waals surface area contributed by atoms with Crippen LogP contribution in [0.1, 0.15) is 20.8 Å². The molecule has 0 aromatic rings. The van der Waals surface area contributed by atoms with Crippen molar-refractivity contribution in [3.8, 4) is 0 Å². The van der Waals surface area contributed by atoms with Gasteiger partial charge in [-0.1, -0.05) is 20.8 Å². The molecular weight excluding hydrogens is 212 g/mol. The zero-order valence-electron chi connectivity index (χ0n) is 9.86. The van der Waals surface area contributed by atoms with Gasteiger partial charge in [0.1, 0.15) is 0 Å². The molecule has 0 saturated heterocycles. The number of aliphatic hydroxyl groups is 1. The Labute approximate surface area is 95.0 Å². The average Bonchev–Trinajstić information content (AvgIpc) is 2.21. The summed E-state index contributed by atoms with van der Waals surface area (Å²) in [6, 6.07) is -1.83. The molecule has 6 nitrogen and oxygen atoms in total. The molecule has 0 fully saturated rings. The quantitative estimate of drug-likeness (QED) is 0.519. The highest BCUT2D eigenvalue weighted by Gasteiger charge is 2.18. The van der Waals surface area contributed by atoms with Crippen LogP contribution in [0.15, 0.2) is 0 Å². The Bertz CT molecular complexity index is 243. The van der Waals surface area contributed by atoms with Crippen molar-refractivity contribution < 1.29 is 19.8 Å². The number of carboxylic acid groups (broad SMARTS) is 1. The van der Waals surface area contributed by atoms with Crippen LogP contribution in [-0.2, 0) is 4.79 Å². The van der Waals surface area contributed by atoms with Crippen LogP contribution in [0.4, 0.5) is 4.79 Å². The Morgan fingerprint density at radius 1 is 1.25 bits per heavy atom. The van der Waals surface area contributed by atoms with Gasteiger partial charge in [-0.15, -0.1) is 0 Å². The van der Waals surface area contributed by atoms with E-state index >= 15 is 0 Å². The van der Waals surface area contributed by atoms with E-state index in [1.54, 1.807) is 0 Å². The fraction of sp³-hybridized carbons (Fsp3) is 0.800. The van der Waals surface area contributed by atoms with Gasteiger partial charge in [-0.25, -0.2) is 9.59 Å². The van der Waals surface area contributed by atoms with Gasteiger partial charge >= 0.3 is 12.0 Å². The van der Waals surface area contributed by atoms with Gasteiger partial charge in [0, 0.05) is 6.54 Å². The second kappa shape index (κ2) is 7.05. The molecule has 2 atom stereocenters. The van der Waals surface area contributed by atoms with Crippen molar-refractivity contribution >= 4 is 12.0 Å². The minimum atomic E-state index is -1.26. The zero-order chi connectivity index (χ0) is 12.7. The van der Waals surface area contributed by atoms with Gasteiger partial charge in [0.25, 0.3) is 0 Å². The first-order valence-electron chi connectivity index (χ1n) is 5.26. The predicted molar refractivity (Wildman–Crippen MR) is 59.0 cm³/mol. The molecule has 0 aliphatic heterocycles. The molecule has 0 aromatic carbocycles. The van der Waals surface area contributed by atoms with Crippen molar-refractivity contribution in [3.05, 3.63) is 0 Å². The van der Waals surface area contributed by atoms with Gasteiger partial charge in [0.2, 0.25) is 0 Å². The van der Waals surface area contributed by atoms with Gasteiger partial charge in [0.05, 0.1) is 6.61 Å². The third kappa shape index (κ3) is 5.55. The lowest BCUT2D eigenvalue weighted by Crippen LogP contribution is -2.48. The predicted octanol–water partition coefficient (Wildman–Crippen LogP) is 0.0232. The monoisotopic (exact) mass is 232 g/mol. The Morgan fingerprint density at radius 2 is 1.81 bits per heavy atom. The molecule has 0 spiro atoms. The number of amides is 2. The first-order chi connectivity index (χ1) is 7.38. The molecule has 94 valence electrons. The first-order valence-corrected chi connectivity index (χ1v) is 5.26. The molecule has 2 unspecified atom stereocenters. The van der Waals surface area contributed by atoms with E-state index in [0.29, 0.717) is 18.4 Å². The van der Waals surface area contributed by atoms with Crippen LogP contribution >= 0.6 is 0 Å². The number of urea groups is 1. The fourth-order valence-corrected chi connectivity index (χ4v) is 0.884. The van der Waals surface area contributed by atoms with Crippen molar-refractivity contribution in [3.63, 3.8) is 0 Å². The van der Waals surface area contributed by atoms with Crippen molar-refractivity contribution in [1.82, 2.24) is 10.6 Å². The van der Waals surface area contributed by atoms with E-state index in [9.17, 15) is 9.59 Å². The molecule has 16 heavy (non-hydrogen) atoms. The van der Waals surface area contributed by atoms with Gasteiger partial charge in [-0.05, 0) is 11.8 Å². The van der Waals surface area contributed by atoms with E-state index in [1.165, 1.54) is 0 Å². The maximum Gasteiger partial charge on any atom is 0.328 e. The number of carboxylic acids is 1. The standard InChI is InChI=1S/C10H20N2O4/c1-6(2)7(3)4-11-10(16)12-8(5-13)9(14)15/h6-8,13H,4-5H2,1-3H3,(H,14,15)(H2,11,12,16). The Hall–Kier alpha value is -1.30. The molecule has 6 heteroatoms. The second-order valence-electron chi connectivity index (χ2n) is 4.15. The van der Waals surface area contributed by atoms with Gasteiger partial charge in [0.15, 0.2) is 6.04 Å². The van der Waals surface area contributed by atoms with E-state index < -0.39 is 24.6 Å². The summed E-state index contributed by atoms with van der Waals surface area (Å²) in [5, 5.41) is 22.0. The number of hydrogen-bond acceptors (Lipinski definition) is 3. The Morgan fingerprint density at radius 3 is 2.19 bits per heavy atom. The van der Waals surface area contributed by atoms with E-state index in [2.05, 4.69) is 10.6 Å². The van der Waals surface area contributed by atoms with E-state index in [0.717, 1.165) is 0 Å². The third-order valence-corrected chi connectivity index (χ3v) is 2.51. The normalized spacial score (nSPS) is 14.3. The van der Waals surface area contributed by atoms with Crippen LogP contribution in [0, 0.1) is 11.8 Å². The molecule has 0 aromatic heterocycles. The number of aliphatic carboxylic acids is 1. The summed E-state index contributed by atoms with van der Waals surface area (Å²) in [6.45, 7) is 5.92. The van der Waals surface area contributed by atoms with E-state index in [4.69, 9.17) is 10.2 Å². The Balaban J connectivity index is 3.94. The smallest absolute Gasteiger partial charge is 0.328 e. The number of carbonyl (C=O) groups is 2. The van der Waals surface area contributed by atoms with Crippen LogP contribution in [0.2, 0.25) is 0 Å². The maximum absolute atomic E-state index is 11.2. The number of aliphatic hydroxyl groups excluding tert-OH is 1. The van der Waals surface area contributed by atoms with Crippen LogP contribution in [0.5, 0.6) is 0 Å². The summed E-state index contributed by atoms with van der Waals surface area (Å²) in [7, 11) is 0. The Kier molecular flexibility index (Phi) is 6.48. The first kappa shape index (κ1) is 14.7. The third-order valence-electron chi connectivity index (χ3n) is 2.51. The number of nitrogens with one attached hydrogen (secondary N) is 2. The van der Waals surface area contributed by atoms with Gasteiger partial charge in [-0.3, -0.25) is 0 Å². The molecule has 2 amide bonds. The van der Waals surface area contributed by atoms with Gasteiger partial charge < -0.3 is 20.8 Å². The van der Waals surface area contributed by atoms with Crippen LogP contribution in [-0.4, -0.2) is 41.4 Å². The number of rotatable bonds is 6. The molecule has 0 radical (unpaired) electrons. The van der Waals surface area contributed by atoms with Crippen LogP contribution < -0.4 is 10.6 Å². The SMILES string of the molecule is CC(C)C(C)CNC(=O)NC(CO)C(=O)O. The highest BCUT2D eigenvalue weighted by molar-refractivity contribution is 5.82.